The van der Waals surface area contributed by atoms with Crippen LogP contribution in [0.3, 0.4) is 0 Å². The molecule has 1 saturated heterocycles. The highest BCUT2D eigenvalue weighted by atomic mass is 19.4. The zero-order valence-electron chi connectivity index (χ0n) is 15.5. The summed E-state index contributed by atoms with van der Waals surface area (Å²) in [6.07, 6.45) is -2.91. The highest BCUT2D eigenvalue weighted by Gasteiger charge is 2.30. The summed E-state index contributed by atoms with van der Waals surface area (Å²) in [7, 11) is 1.61. The first-order valence-electron chi connectivity index (χ1n) is 9.02. The first-order chi connectivity index (χ1) is 13.2. The number of halogens is 3. The monoisotopic (exact) mass is 390 g/mol. The van der Waals surface area contributed by atoms with Crippen LogP contribution in [-0.2, 0) is 24.1 Å². The molecule has 148 valence electrons. The summed E-state index contributed by atoms with van der Waals surface area (Å²) >= 11 is 0. The molecule has 0 aliphatic carbocycles. The molecule has 1 aliphatic heterocycles. The van der Waals surface area contributed by atoms with E-state index in [-0.39, 0.29) is 18.4 Å². The van der Waals surface area contributed by atoms with Crippen LogP contribution in [0.2, 0.25) is 0 Å². The summed E-state index contributed by atoms with van der Waals surface area (Å²) in [5.41, 5.74) is 1.36. The van der Waals surface area contributed by atoms with Crippen molar-refractivity contribution in [3.05, 3.63) is 70.8 Å². The minimum Gasteiger partial charge on any atom is -0.338 e. The van der Waals surface area contributed by atoms with Gasteiger partial charge in [-0.1, -0.05) is 24.3 Å². The molecule has 2 aromatic carbocycles. The zero-order valence-corrected chi connectivity index (χ0v) is 15.5. The Morgan fingerprint density at radius 1 is 1.04 bits per heavy atom. The summed E-state index contributed by atoms with van der Waals surface area (Å²) in [5.74, 6) is -0.0693. The maximum atomic E-state index is 12.6. The molecule has 0 saturated carbocycles. The predicted molar refractivity (Wildman–Crippen MR) is 98.3 cm³/mol. The fourth-order valence-electron chi connectivity index (χ4n) is 3.21. The molecule has 0 aromatic heterocycles. The number of hydrogen-bond donors (Lipinski definition) is 0. The predicted octanol–water partition coefficient (Wildman–Crippen LogP) is 4.10. The SMILES string of the molecule is CN(Cc1ccc(C(F)(F)F)cc1)C(=O)c1ccc(CN2CCCC2=O)cc1. The van der Waals surface area contributed by atoms with Crippen molar-refractivity contribution in [3.63, 3.8) is 0 Å². The second kappa shape index (κ2) is 8.04. The maximum Gasteiger partial charge on any atom is 0.416 e. The number of likely N-dealkylation sites (tertiary alicyclic amines) is 1. The van der Waals surface area contributed by atoms with E-state index in [1.807, 2.05) is 12.1 Å². The highest BCUT2D eigenvalue weighted by Crippen LogP contribution is 2.29. The second-order valence-electron chi connectivity index (χ2n) is 6.97. The average Bonchev–Trinajstić information content (AvgIpc) is 3.06. The van der Waals surface area contributed by atoms with Crippen molar-refractivity contribution < 1.29 is 22.8 Å². The van der Waals surface area contributed by atoms with E-state index in [0.717, 1.165) is 30.7 Å². The lowest BCUT2D eigenvalue weighted by Gasteiger charge is -2.19. The van der Waals surface area contributed by atoms with Crippen molar-refractivity contribution in [2.75, 3.05) is 13.6 Å². The van der Waals surface area contributed by atoms with Crippen LogP contribution in [0.4, 0.5) is 13.2 Å². The fourth-order valence-corrected chi connectivity index (χ4v) is 3.21. The van der Waals surface area contributed by atoms with Gasteiger partial charge in [0.2, 0.25) is 5.91 Å². The first kappa shape index (κ1) is 19.9. The van der Waals surface area contributed by atoms with Crippen LogP contribution in [0.5, 0.6) is 0 Å². The third kappa shape index (κ3) is 4.71. The number of carbonyl (C=O) groups is 2. The largest absolute Gasteiger partial charge is 0.416 e. The molecule has 0 spiro atoms. The quantitative estimate of drug-likeness (QED) is 0.771. The number of benzene rings is 2. The van der Waals surface area contributed by atoms with Gasteiger partial charge in [0, 0.05) is 38.7 Å². The number of nitrogens with zero attached hydrogens (tertiary/aromatic N) is 2. The normalized spacial score (nSPS) is 14.4. The summed E-state index contributed by atoms with van der Waals surface area (Å²) in [4.78, 5) is 27.5. The molecule has 0 unspecified atom stereocenters. The molecular weight excluding hydrogens is 369 g/mol. The van der Waals surface area contributed by atoms with E-state index < -0.39 is 11.7 Å². The molecule has 2 aromatic rings. The summed E-state index contributed by atoms with van der Waals surface area (Å²) in [5, 5.41) is 0. The van der Waals surface area contributed by atoms with Crippen LogP contribution in [0, 0.1) is 0 Å². The van der Waals surface area contributed by atoms with E-state index >= 15 is 0 Å². The Morgan fingerprint density at radius 3 is 2.18 bits per heavy atom. The van der Waals surface area contributed by atoms with Crippen LogP contribution in [0.1, 0.15) is 39.9 Å². The zero-order chi connectivity index (χ0) is 20.3. The number of carbonyl (C=O) groups excluding carboxylic acids is 2. The van der Waals surface area contributed by atoms with Gasteiger partial charge in [0.05, 0.1) is 5.56 Å². The van der Waals surface area contributed by atoms with Crippen LogP contribution in [-0.4, -0.2) is 35.2 Å². The maximum absolute atomic E-state index is 12.6. The molecule has 1 heterocycles. The molecule has 4 nitrogen and oxygen atoms in total. The smallest absolute Gasteiger partial charge is 0.338 e. The Labute approximate surface area is 161 Å². The van der Waals surface area contributed by atoms with Gasteiger partial charge in [-0.05, 0) is 41.8 Å². The van der Waals surface area contributed by atoms with Crippen LogP contribution in [0.25, 0.3) is 0 Å². The van der Waals surface area contributed by atoms with Gasteiger partial charge < -0.3 is 9.80 Å². The van der Waals surface area contributed by atoms with Gasteiger partial charge >= 0.3 is 6.18 Å². The van der Waals surface area contributed by atoms with Crippen molar-refractivity contribution in [1.29, 1.82) is 0 Å². The van der Waals surface area contributed by atoms with Gasteiger partial charge in [0.15, 0.2) is 0 Å². The topological polar surface area (TPSA) is 40.6 Å². The Bertz CT molecular complexity index is 845. The molecule has 3 rings (SSSR count). The number of hydrogen-bond acceptors (Lipinski definition) is 2. The average molecular weight is 390 g/mol. The van der Waals surface area contributed by atoms with Crippen molar-refractivity contribution in [3.8, 4) is 0 Å². The molecule has 0 N–H and O–H groups in total. The lowest BCUT2D eigenvalue weighted by Crippen LogP contribution is -2.26. The summed E-state index contributed by atoms with van der Waals surface area (Å²) in [6.45, 7) is 1.51. The minimum atomic E-state index is -4.37. The lowest BCUT2D eigenvalue weighted by atomic mass is 10.1. The molecule has 2 amide bonds. The molecule has 7 heteroatoms. The standard InChI is InChI=1S/C21H21F3N2O2/c1-25(13-15-6-10-18(11-7-15)21(22,23)24)20(28)17-8-4-16(5-9-17)14-26-12-2-3-19(26)27/h4-11H,2-3,12-14H2,1H3. The van der Waals surface area contributed by atoms with Crippen LogP contribution < -0.4 is 0 Å². The molecule has 0 atom stereocenters. The number of amides is 2. The molecule has 28 heavy (non-hydrogen) atoms. The highest BCUT2D eigenvalue weighted by molar-refractivity contribution is 5.94. The van der Waals surface area contributed by atoms with Gasteiger partial charge in [-0.2, -0.15) is 13.2 Å². The van der Waals surface area contributed by atoms with Gasteiger partial charge in [-0.15, -0.1) is 0 Å². The molecule has 0 radical (unpaired) electrons. The van der Waals surface area contributed by atoms with Gasteiger partial charge in [-0.3, -0.25) is 9.59 Å². The van der Waals surface area contributed by atoms with E-state index in [0.29, 0.717) is 24.1 Å². The third-order valence-electron chi connectivity index (χ3n) is 4.79. The van der Waals surface area contributed by atoms with E-state index in [2.05, 4.69) is 0 Å². The molecule has 1 fully saturated rings. The summed E-state index contributed by atoms with van der Waals surface area (Å²) < 4.78 is 37.9. The number of rotatable bonds is 5. The van der Waals surface area contributed by atoms with E-state index in [1.165, 1.54) is 17.0 Å². The van der Waals surface area contributed by atoms with Crippen LogP contribution >= 0.6 is 0 Å². The van der Waals surface area contributed by atoms with Gasteiger partial charge in [0.25, 0.3) is 5.91 Å². The molecular formula is C21H21F3N2O2. The van der Waals surface area contributed by atoms with Crippen molar-refractivity contribution in [2.24, 2.45) is 0 Å². The first-order valence-corrected chi connectivity index (χ1v) is 9.02. The van der Waals surface area contributed by atoms with E-state index in [4.69, 9.17) is 0 Å². The lowest BCUT2D eigenvalue weighted by molar-refractivity contribution is -0.137. The van der Waals surface area contributed by atoms with E-state index in [9.17, 15) is 22.8 Å². The Balaban J connectivity index is 1.60. The van der Waals surface area contributed by atoms with Crippen molar-refractivity contribution >= 4 is 11.8 Å². The van der Waals surface area contributed by atoms with Gasteiger partial charge in [-0.25, -0.2) is 0 Å². The minimum absolute atomic E-state index is 0.149. The van der Waals surface area contributed by atoms with Crippen molar-refractivity contribution in [1.82, 2.24) is 9.80 Å². The Morgan fingerprint density at radius 2 is 1.64 bits per heavy atom. The fraction of sp³-hybridized carbons (Fsp3) is 0.333. The van der Waals surface area contributed by atoms with Crippen molar-refractivity contribution in [2.45, 2.75) is 32.1 Å². The Kier molecular flexibility index (Phi) is 5.72. The summed E-state index contributed by atoms with van der Waals surface area (Å²) in [6, 6.07) is 11.9. The van der Waals surface area contributed by atoms with Gasteiger partial charge in [0.1, 0.15) is 0 Å². The third-order valence-corrected chi connectivity index (χ3v) is 4.79. The van der Waals surface area contributed by atoms with Crippen LogP contribution in [0.15, 0.2) is 48.5 Å². The molecule has 0 bridgehead atoms. The Hall–Kier alpha value is -2.83. The number of alkyl halides is 3. The molecule has 1 aliphatic rings. The van der Waals surface area contributed by atoms with E-state index in [1.54, 1.807) is 24.1 Å². The second-order valence-corrected chi connectivity index (χ2v) is 6.97.